The van der Waals surface area contributed by atoms with Crippen LogP contribution in [0.3, 0.4) is 0 Å². The minimum Gasteiger partial charge on any atom is -0.491 e. The summed E-state index contributed by atoms with van der Waals surface area (Å²) in [5.74, 6) is -0.715. The van der Waals surface area contributed by atoms with Crippen molar-refractivity contribution in [2.24, 2.45) is 0 Å². The van der Waals surface area contributed by atoms with Crippen molar-refractivity contribution in [1.29, 1.82) is 0 Å². The summed E-state index contributed by atoms with van der Waals surface area (Å²) in [7, 11) is -3.99. The number of imidazole rings is 1. The van der Waals surface area contributed by atoms with Gasteiger partial charge >= 0.3 is 0 Å². The standard InChI is InChI=1S/C19H16FN3O3S2/c1-2-26-18-8-7-13(11-15(18)20)28(24,25)22-16-6-4-3-5-14(16)17-12-23-9-10-27-19(23)21-17/h3-12,22H,2H2,1H3. The molecule has 2 aromatic heterocycles. The Kier molecular flexibility index (Phi) is 4.78. The first-order chi connectivity index (χ1) is 13.5. The number of anilines is 1. The Morgan fingerprint density at radius 2 is 2.07 bits per heavy atom. The van der Waals surface area contributed by atoms with Crippen molar-refractivity contribution >= 4 is 32.0 Å². The Bertz CT molecular complexity index is 1220. The molecule has 0 radical (unpaired) electrons. The first kappa shape index (κ1) is 18.5. The maximum Gasteiger partial charge on any atom is 0.262 e. The third kappa shape index (κ3) is 3.46. The summed E-state index contributed by atoms with van der Waals surface area (Å²) in [5.41, 5.74) is 1.64. The number of fused-ring (bicyclic) bond motifs is 1. The van der Waals surface area contributed by atoms with Gasteiger partial charge in [-0.05, 0) is 31.2 Å². The van der Waals surface area contributed by atoms with E-state index in [1.165, 1.54) is 23.5 Å². The van der Waals surface area contributed by atoms with E-state index in [4.69, 9.17) is 4.74 Å². The van der Waals surface area contributed by atoms with E-state index in [-0.39, 0.29) is 17.3 Å². The Morgan fingerprint density at radius 3 is 2.82 bits per heavy atom. The average Bonchev–Trinajstić information content (AvgIpc) is 3.25. The number of hydrogen-bond acceptors (Lipinski definition) is 5. The fraction of sp³-hybridized carbons (Fsp3) is 0.105. The Balaban J connectivity index is 1.69. The van der Waals surface area contributed by atoms with Crippen molar-refractivity contribution in [3.05, 3.63) is 66.1 Å². The van der Waals surface area contributed by atoms with Crippen LogP contribution in [0.5, 0.6) is 5.75 Å². The van der Waals surface area contributed by atoms with Gasteiger partial charge in [-0.15, -0.1) is 11.3 Å². The van der Waals surface area contributed by atoms with Crippen molar-refractivity contribution < 1.29 is 17.5 Å². The van der Waals surface area contributed by atoms with Gasteiger partial charge in [0.25, 0.3) is 10.0 Å². The van der Waals surface area contributed by atoms with Gasteiger partial charge in [0.05, 0.1) is 22.9 Å². The Morgan fingerprint density at radius 1 is 1.25 bits per heavy atom. The van der Waals surface area contributed by atoms with E-state index in [0.717, 1.165) is 11.0 Å². The lowest BCUT2D eigenvalue weighted by Crippen LogP contribution is -2.14. The number of rotatable bonds is 6. The summed E-state index contributed by atoms with van der Waals surface area (Å²) in [6.45, 7) is 2.01. The molecule has 0 aliphatic carbocycles. The van der Waals surface area contributed by atoms with Gasteiger partial charge in [-0.2, -0.15) is 0 Å². The van der Waals surface area contributed by atoms with Gasteiger partial charge in [-0.3, -0.25) is 9.12 Å². The molecule has 28 heavy (non-hydrogen) atoms. The maximum atomic E-state index is 14.1. The highest BCUT2D eigenvalue weighted by Crippen LogP contribution is 2.30. The number of benzene rings is 2. The van der Waals surface area contributed by atoms with Crippen molar-refractivity contribution in [2.45, 2.75) is 11.8 Å². The number of sulfonamides is 1. The second-order valence-corrected chi connectivity index (χ2v) is 8.45. The zero-order valence-corrected chi connectivity index (χ0v) is 16.4. The third-order valence-electron chi connectivity index (χ3n) is 4.05. The van der Waals surface area contributed by atoms with Crippen LogP contribution in [0.15, 0.2) is 65.1 Å². The Labute approximate surface area is 165 Å². The molecule has 6 nitrogen and oxygen atoms in total. The van der Waals surface area contributed by atoms with E-state index in [0.29, 0.717) is 16.9 Å². The highest BCUT2D eigenvalue weighted by Gasteiger charge is 2.19. The lowest BCUT2D eigenvalue weighted by molar-refractivity contribution is 0.321. The maximum absolute atomic E-state index is 14.1. The fourth-order valence-electron chi connectivity index (χ4n) is 2.78. The number of nitrogens with zero attached hydrogens (tertiary/aromatic N) is 2. The normalized spacial score (nSPS) is 11.6. The predicted octanol–water partition coefficient (Wildman–Crippen LogP) is 4.40. The SMILES string of the molecule is CCOc1ccc(S(=O)(=O)Nc2ccccc2-c2cn3ccsc3n2)cc1F. The number of para-hydroxylation sites is 1. The average molecular weight is 417 g/mol. The molecule has 0 aliphatic rings. The van der Waals surface area contributed by atoms with Crippen molar-refractivity contribution in [3.8, 4) is 17.0 Å². The second-order valence-electron chi connectivity index (χ2n) is 5.90. The molecule has 0 spiro atoms. The third-order valence-corrected chi connectivity index (χ3v) is 6.19. The smallest absolute Gasteiger partial charge is 0.262 e. The van der Waals surface area contributed by atoms with Gasteiger partial charge in [-0.25, -0.2) is 17.8 Å². The number of hydrogen-bond donors (Lipinski definition) is 1. The number of ether oxygens (including phenoxy) is 1. The van der Waals surface area contributed by atoms with Crippen LogP contribution < -0.4 is 9.46 Å². The molecule has 0 saturated heterocycles. The lowest BCUT2D eigenvalue weighted by atomic mass is 10.1. The molecule has 2 aromatic carbocycles. The molecule has 4 aromatic rings. The summed E-state index contributed by atoms with van der Waals surface area (Å²) in [5, 5.41) is 1.92. The van der Waals surface area contributed by atoms with Gasteiger partial charge in [0.15, 0.2) is 16.5 Å². The minimum atomic E-state index is -3.99. The monoisotopic (exact) mass is 417 g/mol. The van der Waals surface area contributed by atoms with Crippen LogP contribution in [-0.4, -0.2) is 24.4 Å². The molecule has 0 unspecified atom stereocenters. The highest BCUT2D eigenvalue weighted by molar-refractivity contribution is 7.92. The number of nitrogens with one attached hydrogen (secondary N) is 1. The molecule has 144 valence electrons. The fourth-order valence-corrected chi connectivity index (χ4v) is 4.57. The number of aromatic nitrogens is 2. The molecule has 0 saturated carbocycles. The van der Waals surface area contributed by atoms with Gasteiger partial charge < -0.3 is 4.74 Å². The first-order valence-electron chi connectivity index (χ1n) is 8.44. The highest BCUT2D eigenvalue weighted by atomic mass is 32.2. The molecular formula is C19H16FN3O3S2. The zero-order valence-electron chi connectivity index (χ0n) is 14.8. The van der Waals surface area contributed by atoms with Gasteiger partial charge in [0.2, 0.25) is 0 Å². The van der Waals surface area contributed by atoms with E-state index in [9.17, 15) is 12.8 Å². The van der Waals surface area contributed by atoms with Crippen LogP contribution in [0.2, 0.25) is 0 Å². The van der Waals surface area contributed by atoms with E-state index in [1.807, 2.05) is 22.2 Å². The molecule has 0 aliphatic heterocycles. The van der Waals surface area contributed by atoms with E-state index < -0.39 is 15.8 Å². The van der Waals surface area contributed by atoms with Gasteiger partial charge in [0, 0.05) is 23.3 Å². The Hall–Kier alpha value is -2.91. The van der Waals surface area contributed by atoms with E-state index in [2.05, 4.69) is 9.71 Å². The van der Waals surface area contributed by atoms with E-state index in [1.54, 1.807) is 31.2 Å². The van der Waals surface area contributed by atoms with Crippen LogP contribution in [0.4, 0.5) is 10.1 Å². The molecule has 0 bridgehead atoms. The van der Waals surface area contributed by atoms with Crippen LogP contribution >= 0.6 is 11.3 Å². The molecule has 0 atom stereocenters. The second kappa shape index (κ2) is 7.25. The molecule has 2 heterocycles. The zero-order chi connectivity index (χ0) is 19.7. The van der Waals surface area contributed by atoms with Crippen molar-refractivity contribution in [3.63, 3.8) is 0 Å². The summed E-state index contributed by atoms with van der Waals surface area (Å²) in [6.07, 6.45) is 3.71. The van der Waals surface area contributed by atoms with Gasteiger partial charge in [-0.1, -0.05) is 18.2 Å². The molecule has 0 amide bonds. The summed E-state index contributed by atoms with van der Waals surface area (Å²) >= 11 is 1.49. The molecule has 9 heteroatoms. The summed E-state index contributed by atoms with van der Waals surface area (Å²) in [4.78, 5) is 5.14. The molecule has 4 rings (SSSR count). The minimum absolute atomic E-state index is 0.0138. The molecule has 1 N–H and O–H groups in total. The van der Waals surface area contributed by atoms with E-state index >= 15 is 0 Å². The largest absolute Gasteiger partial charge is 0.491 e. The topological polar surface area (TPSA) is 72.7 Å². The predicted molar refractivity (Wildman–Crippen MR) is 107 cm³/mol. The van der Waals surface area contributed by atoms with Crippen molar-refractivity contribution in [1.82, 2.24) is 9.38 Å². The molecule has 0 fully saturated rings. The number of halogens is 1. The quantitative estimate of drug-likeness (QED) is 0.505. The summed E-state index contributed by atoms with van der Waals surface area (Å²) in [6, 6.07) is 10.5. The van der Waals surface area contributed by atoms with Crippen LogP contribution in [-0.2, 0) is 10.0 Å². The number of thiazole rings is 1. The first-order valence-corrected chi connectivity index (χ1v) is 10.8. The summed E-state index contributed by atoms with van der Waals surface area (Å²) < 4.78 is 49.2. The van der Waals surface area contributed by atoms with Crippen LogP contribution in [0.1, 0.15) is 6.92 Å². The lowest BCUT2D eigenvalue weighted by Gasteiger charge is -2.12. The van der Waals surface area contributed by atoms with Crippen LogP contribution in [0, 0.1) is 5.82 Å². The van der Waals surface area contributed by atoms with Crippen molar-refractivity contribution in [2.75, 3.05) is 11.3 Å². The van der Waals surface area contributed by atoms with Gasteiger partial charge in [0.1, 0.15) is 0 Å². The molecular weight excluding hydrogens is 401 g/mol. The van der Waals surface area contributed by atoms with Crippen LogP contribution in [0.25, 0.3) is 16.2 Å².